The summed E-state index contributed by atoms with van der Waals surface area (Å²) in [5.74, 6) is -0.756. The first-order valence-corrected chi connectivity index (χ1v) is 8.61. The van der Waals surface area contributed by atoms with Crippen molar-refractivity contribution in [3.63, 3.8) is 0 Å². The SMILES string of the molecule is Cn1nc(C(=O)N2CCN(CCc3ccc(F)cc3)CC2)cc1C(F)(F)F. The van der Waals surface area contributed by atoms with Crippen LogP contribution in [0.15, 0.2) is 30.3 Å². The Morgan fingerprint density at radius 3 is 2.30 bits per heavy atom. The molecule has 2 heterocycles. The van der Waals surface area contributed by atoms with Gasteiger partial charge in [-0.1, -0.05) is 12.1 Å². The second-order valence-electron chi connectivity index (χ2n) is 6.55. The predicted octanol–water partition coefficient (Wildman–Crippen LogP) is 2.58. The molecule has 5 nitrogen and oxygen atoms in total. The third-order valence-corrected chi connectivity index (χ3v) is 4.68. The molecular formula is C18H20F4N4O. The van der Waals surface area contributed by atoms with Crippen LogP contribution in [-0.2, 0) is 19.6 Å². The van der Waals surface area contributed by atoms with Crippen LogP contribution < -0.4 is 0 Å². The Labute approximate surface area is 154 Å². The summed E-state index contributed by atoms with van der Waals surface area (Å²) in [4.78, 5) is 16.1. The molecule has 0 saturated carbocycles. The number of hydrogen-bond acceptors (Lipinski definition) is 3. The summed E-state index contributed by atoms with van der Waals surface area (Å²) < 4.78 is 52.2. The maximum absolute atomic E-state index is 12.9. The molecule has 1 saturated heterocycles. The van der Waals surface area contributed by atoms with Crippen LogP contribution >= 0.6 is 0 Å². The van der Waals surface area contributed by atoms with Crippen LogP contribution in [0.2, 0.25) is 0 Å². The Morgan fingerprint density at radius 1 is 1.11 bits per heavy atom. The molecule has 0 spiro atoms. The monoisotopic (exact) mass is 384 g/mol. The highest BCUT2D eigenvalue weighted by Crippen LogP contribution is 2.29. The zero-order valence-corrected chi connectivity index (χ0v) is 14.8. The van der Waals surface area contributed by atoms with Crippen molar-refractivity contribution in [2.45, 2.75) is 12.6 Å². The second kappa shape index (κ2) is 7.67. The summed E-state index contributed by atoms with van der Waals surface area (Å²) in [5.41, 5.74) is -0.101. The van der Waals surface area contributed by atoms with E-state index in [-0.39, 0.29) is 11.5 Å². The van der Waals surface area contributed by atoms with Gasteiger partial charge in [0.05, 0.1) is 0 Å². The van der Waals surface area contributed by atoms with Crippen molar-refractivity contribution in [1.82, 2.24) is 19.6 Å². The first-order valence-electron chi connectivity index (χ1n) is 8.61. The predicted molar refractivity (Wildman–Crippen MR) is 90.7 cm³/mol. The lowest BCUT2D eigenvalue weighted by molar-refractivity contribution is -0.143. The van der Waals surface area contributed by atoms with Crippen LogP contribution in [0.1, 0.15) is 21.7 Å². The molecule has 0 atom stereocenters. The van der Waals surface area contributed by atoms with Crippen molar-refractivity contribution >= 4 is 5.91 Å². The Kier molecular flexibility index (Phi) is 5.50. The third-order valence-electron chi connectivity index (χ3n) is 4.68. The number of nitrogens with zero attached hydrogens (tertiary/aromatic N) is 4. The first kappa shape index (κ1) is 19.3. The van der Waals surface area contributed by atoms with E-state index in [2.05, 4.69) is 10.00 Å². The molecule has 3 rings (SSSR count). The summed E-state index contributed by atoms with van der Waals surface area (Å²) in [6, 6.07) is 7.13. The van der Waals surface area contributed by atoms with Crippen LogP contribution in [0, 0.1) is 5.82 Å². The number of piperazine rings is 1. The highest BCUT2D eigenvalue weighted by molar-refractivity contribution is 5.92. The highest BCUT2D eigenvalue weighted by atomic mass is 19.4. The van der Waals surface area contributed by atoms with Crippen LogP contribution in [-0.4, -0.2) is 58.2 Å². The van der Waals surface area contributed by atoms with E-state index in [0.717, 1.165) is 24.6 Å². The van der Waals surface area contributed by atoms with E-state index >= 15 is 0 Å². The van der Waals surface area contributed by atoms with Crippen LogP contribution in [0.5, 0.6) is 0 Å². The molecule has 1 aromatic heterocycles. The van der Waals surface area contributed by atoms with Crippen molar-refractivity contribution in [2.24, 2.45) is 7.05 Å². The number of alkyl halides is 3. The number of hydrogen-bond donors (Lipinski definition) is 0. The molecule has 0 unspecified atom stereocenters. The van der Waals surface area contributed by atoms with E-state index < -0.39 is 17.8 Å². The second-order valence-corrected chi connectivity index (χ2v) is 6.55. The zero-order valence-electron chi connectivity index (χ0n) is 14.8. The van der Waals surface area contributed by atoms with Crippen LogP contribution in [0.4, 0.5) is 17.6 Å². The Bertz CT molecular complexity index is 793. The van der Waals surface area contributed by atoms with Gasteiger partial charge in [0.1, 0.15) is 11.5 Å². The number of amides is 1. The van der Waals surface area contributed by atoms with Crippen molar-refractivity contribution in [3.8, 4) is 0 Å². The number of halogens is 4. The van der Waals surface area contributed by atoms with Crippen LogP contribution in [0.25, 0.3) is 0 Å². The van der Waals surface area contributed by atoms with E-state index in [1.807, 2.05) is 0 Å². The fourth-order valence-electron chi connectivity index (χ4n) is 3.11. The summed E-state index contributed by atoms with van der Waals surface area (Å²) in [7, 11) is 1.17. The Hall–Kier alpha value is -2.42. The van der Waals surface area contributed by atoms with Crippen molar-refractivity contribution in [1.29, 1.82) is 0 Å². The third kappa shape index (κ3) is 4.65. The fourth-order valence-corrected chi connectivity index (χ4v) is 3.11. The number of rotatable bonds is 4. The van der Waals surface area contributed by atoms with Gasteiger partial charge in [-0.15, -0.1) is 0 Å². The molecule has 0 aliphatic carbocycles. The van der Waals surface area contributed by atoms with Crippen molar-refractivity contribution in [3.05, 3.63) is 53.1 Å². The van der Waals surface area contributed by atoms with Gasteiger partial charge < -0.3 is 4.90 Å². The van der Waals surface area contributed by atoms with E-state index in [1.54, 1.807) is 12.1 Å². The van der Waals surface area contributed by atoms with Gasteiger partial charge in [0.2, 0.25) is 0 Å². The fraction of sp³-hybridized carbons (Fsp3) is 0.444. The molecule has 0 bridgehead atoms. The number of carbonyl (C=O) groups excluding carboxylic acids is 1. The van der Waals surface area contributed by atoms with Gasteiger partial charge in [-0.2, -0.15) is 18.3 Å². The summed E-state index contributed by atoms with van der Waals surface area (Å²) in [6.07, 6.45) is -3.78. The molecule has 0 N–H and O–H groups in total. The number of aryl methyl sites for hydroxylation is 1. The average molecular weight is 384 g/mol. The van der Waals surface area contributed by atoms with Gasteiger partial charge in [-0.05, 0) is 24.1 Å². The maximum atomic E-state index is 12.9. The maximum Gasteiger partial charge on any atom is 0.433 e. The first-order chi connectivity index (χ1) is 12.7. The molecule has 1 aromatic carbocycles. The standard InChI is InChI=1S/C18H20F4N4O/c1-24-16(18(20,21)22)12-15(23-24)17(27)26-10-8-25(9-11-26)7-6-13-2-4-14(19)5-3-13/h2-5,12H,6-11H2,1H3. The largest absolute Gasteiger partial charge is 0.433 e. The molecule has 1 fully saturated rings. The van der Waals surface area contributed by atoms with E-state index in [9.17, 15) is 22.4 Å². The van der Waals surface area contributed by atoms with Crippen molar-refractivity contribution in [2.75, 3.05) is 32.7 Å². The van der Waals surface area contributed by atoms with Gasteiger partial charge in [-0.3, -0.25) is 14.4 Å². The summed E-state index contributed by atoms with van der Waals surface area (Å²) in [6.45, 7) is 2.90. The molecule has 2 aromatic rings. The molecule has 1 aliphatic rings. The van der Waals surface area contributed by atoms with E-state index in [1.165, 1.54) is 24.1 Å². The molecule has 146 valence electrons. The van der Waals surface area contributed by atoms with Crippen molar-refractivity contribution < 1.29 is 22.4 Å². The molecule has 1 aliphatic heterocycles. The highest BCUT2D eigenvalue weighted by Gasteiger charge is 2.36. The molecule has 27 heavy (non-hydrogen) atoms. The molecule has 0 radical (unpaired) electrons. The molecular weight excluding hydrogens is 364 g/mol. The molecule has 9 heteroatoms. The Balaban J connectivity index is 1.53. The lowest BCUT2D eigenvalue weighted by Gasteiger charge is -2.34. The minimum Gasteiger partial charge on any atom is -0.335 e. The van der Waals surface area contributed by atoms with E-state index in [4.69, 9.17) is 0 Å². The summed E-state index contributed by atoms with van der Waals surface area (Å²) >= 11 is 0. The number of aromatic nitrogens is 2. The van der Waals surface area contributed by atoms with Gasteiger partial charge in [0, 0.05) is 45.8 Å². The van der Waals surface area contributed by atoms with Gasteiger partial charge >= 0.3 is 6.18 Å². The number of benzene rings is 1. The quantitative estimate of drug-likeness (QED) is 0.761. The molecule has 1 amide bonds. The van der Waals surface area contributed by atoms with Gasteiger partial charge in [-0.25, -0.2) is 4.39 Å². The zero-order chi connectivity index (χ0) is 19.6. The minimum absolute atomic E-state index is 0.190. The topological polar surface area (TPSA) is 41.4 Å². The Morgan fingerprint density at radius 2 is 1.74 bits per heavy atom. The summed E-state index contributed by atoms with van der Waals surface area (Å²) in [5, 5.41) is 3.72. The van der Waals surface area contributed by atoms with Gasteiger partial charge in [0.15, 0.2) is 5.69 Å². The average Bonchev–Trinajstić information content (AvgIpc) is 3.03. The number of carbonyl (C=O) groups is 1. The van der Waals surface area contributed by atoms with Gasteiger partial charge in [0.25, 0.3) is 5.91 Å². The van der Waals surface area contributed by atoms with Crippen LogP contribution in [0.3, 0.4) is 0 Å². The lowest BCUT2D eigenvalue weighted by Crippen LogP contribution is -2.49. The lowest BCUT2D eigenvalue weighted by atomic mass is 10.1. The minimum atomic E-state index is -4.54. The normalized spacial score (nSPS) is 16.0. The smallest absolute Gasteiger partial charge is 0.335 e. The van der Waals surface area contributed by atoms with E-state index in [0.29, 0.717) is 30.9 Å².